The molecule has 1 aromatic rings. The second-order valence-corrected chi connectivity index (χ2v) is 8.59. The third-order valence-electron chi connectivity index (χ3n) is 4.12. The molecule has 0 saturated carbocycles. The standard InChI is InChI=1S/C20H22N4O5S/c1-20(2,3)29-19(27)24-10-13-7-5-6-12(14(13)11-24)9-21-23-18-22-17(26)15(30-18)8-16(25)28-4/h5-9H,10-11H2,1-4H3,(H,22,23,26)/b15-8+,21-9?. The third kappa shape index (κ3) is 5.26. The zero-order chi connectivity index (χ0) is 21.9. The number of hydrogen-bond donors (Lipinski definition) is 1. The molecule has 1 N–H and O–H groups in total. The van der Waals surface area contributed by atoms with Crippen molar-refractivity contribution in [3.63, 3.8) is 0 Å². The molecule has 0 unspecified atom stereocenters. The highest BCUT2D eigenvalue weighted by molar-refractivity contribution is 8.18. The summed E-state index contributed by atoms with van der Waals surface area (Å²) in [7, 11) is 1.23. The van der Waals surface area contributed by atoms with Gasteiger partial charge in [0, 0.05) is 12.6 Å². The molecule has 0 aromatic heterocycles. The van der Waals surface area contributed by atoms with Crippen LogP contribution in [0.2, 0.25) is 0 Å². The van der Waals surface area contributed by atoms with Crippen molar-refractivity contribution in [2.45, 2.75) is 39.5 Å². The first kappa shape index (κ1) is 21.6. The summed E-state index contributed by atoms with van der Waals surface area (Å²) in [5.74, 6) is -1.06. The van der Waals surface area contributed by atoms with Gasteiger partial charge in [0.2, 0.25) is 0 Å². The molecule has 0 bridgehead atoms. The largest absolute Gasteiger partial charge is 0.466 e. The van der Waals surface area contributed by atoms with Gasteiger partial charge in [-0.1, -0.05) is 18.2 Å². The van der Waals surface area contributed by atoms with Gasteiger partial charge in [0.05, 0.1) is 24.8 Å². The number of methoxy groups -OCH3 is 1. The van der Waals surface area contributed by atoms with Crippen molar-refractivity contribution in [2.75, 3.05) is 7.11 Å². The molecule has 0 atom stereocenters. The summed E-state index contributed by atoms with van der Waals surface area (Å²) in [6.07, 6.45) is 2.30. The van der Waals surface area contributed by atoms with E-state index in [1.807, 2.05) is 39.0 Å². The van der Waals surface area contributed by atoms with Crippen LogP contribution in [0.5, 0.6) is 0 Å². The minimum atomic E-state index is -0.619. The average molecular weight is 430 g/mol. The van der Waals surface area contributed by atoms with Crippen LogP contribution in [0.15, 0.2) is 39.4 Å². The quantitative estimate of drug-likeness (QED) is 0.342. The van der Waals surface area contributed by atoms with E-state index in [0.29, 0.717) is 13.1 Å². The van der Waals surface area contributed by atoms with Crippen LogP contribution in [0.25, 0.3) is 0 Å². The van der Waals surface area contributed by atoms with Crippen LogP contribution < -0.4 is 5.32 Å². The van der Waals surface area contributed by atoms with Crippen LogP contribution in [-0.2, 0) is 32.2 Å². The summed E-state index contributed by atoms with van der Waals surface area (Å²) >= 11 is 0.999. The second kappa shape index (κ2) is 8.70. The van der Waals surface area contributed by atoms with Crippen molar-refractivity contribution >= 4 is 41.1 Å². The summed E-state index contributed by atoms with van der Waals surface area (Å²) < 4.78 is 9.96. The predicted octanol–water partition coefficient (Wildman–Crippen LogP) is 2.55. The van der Waals surface area contributed by atoms with Crippen molar-refractivity contribution in [1.29, 1.82) is 0 Å². The molecule has 1 saturated heterocycles. The predicted molar refractivity (Wildman–Crippen MR) is 113 cm³/mol. The van der Waals surface area contributed by atoms with Crippen LogP contribution >= 0.6 is 11.8 Å². The van der Waals surface area contributed by atoms with Gasteiger partial charge in [-0.3, -0.25) is 15.0 Å². The fourth-order valence-corrected chi connectivity index (χ4v) is 3.55. The Morgan fingerprint density at radius 3 is 2.73 bits per heavy atom. The number of carbonyl (C=O) groups is 3. The molecule has 2 heterocycles. The second-order valence-electron chi connectivity index (χ2n) is 7.56. The maximum Gasteiger partial charge on any atom is 0.410 e. The number of fused-ring (bicyclic) bond motifs is 1. The lowest BCUT2D eigenvalue weighted by molar-refractivity contribution is -0.135. The zero-order valence-corrected chi connectivity index (χ0v) is 17.9. The highest BCUT2D eigenvalue weighted by Gasteiger charge is 2.29. The van der Waals surface area contributed by atoms with E-state index in [4.69, 9.17) is 4.74 Å². The SMILES string of the molecule is COC(=O)/C=C1/S/C(=N\N=Cc2cccc3c2CN(C(=O)OC(C)(C)C)C3)NC1=O. The Hall–Kier alpha value is -3.14. The van der Waals surface area contributed by atoms with E-state index in [2.05, 4.69) is 20.3 Å². The lowest BCUT2D eigenvalue weighted by atomic mass is 10.0. The van der Waals surface area contributed by atoms with Crippen molar-refractivity contribution in [1.82, 2.24) is 10.2 Å². The van der Waals surface area contributed by atoms with Crippen LogP contribution in [0, 0.1) is 0 Å². The maximum atomic E-state index is 12.4. The van der Waals surface area contributed by atoms with E-state index >= 15 is 0 Å². The monoisotopic (exact) mass is 430 g/mol. The van der Waals surface area contributed by atoms with Crippen LogP contribution in [0.4, 0.5) is 4.79 Å². The number of thioether (sulfide) groups is 1. The Labute approximate surface area is 178 Å². The number of esters is 1. The summed E-state index contributed by atoms with van der Waals surface area (Å²) in [5, 5.41) is 10.8. The van der Waals surface area contributed by atoms with Crippen molar-refractivity contribution in [3.05, 3.63) is 45.9 Å². The minimum absolute atomic E-state index is 0.185. The lowest BCUT2D eigenvalue weighted by Gasteiger charge is -2.24. The summed E-state index contributed by atoms with van der Waals surface area (Å²) in [6, 6.07) is 5.72. The molecule has 0 radical (unpaired) electrons. The van der Waals surface area contributed by atoms with E-state index in [-0.39, 0.29) is 16.2 Å². The van der Waals surface area contributed by atoms with E-state index in [1.54, 1.807) is 11.1 Å². The molecule has 158 valence electrons. The van der Waals surface area contributed by atoms with Crippen molar-refractivity contribution in [3.8, 4) is 0 Å². The fraction of sp³-hybridized carbons (Fsp3) is 0.350. The highest BCUT2D eigenvalue weighted by Crippen LogP contribution is 2.27. The van der Waals surface area contributed by atoms with Gasteiger partial charge in [0.25, 0.3) is 5.91 Å². The number of hydrogen-bond acceptors (Lipinski definition) is 8. The zero-order valence-electron chi connectivity index (χ0n) is 17.1. The molecule has 1 fully saturated rings. The first-order valence-corrected chi connectivity index (χ1v) is 9.96. The van der Waals surface area contributed by atoms with E-state index < -0.39 is 17.5 Å². The van der Waals surface area contributed by atoms with Crippen LogP contribution in [-0.4, -0.2) is 47.0 Å². The Bertz CT molecular complexity index is 978. The Morgan fingerprint density at radius 1 is 1.27 bits per heavy atom. The number of benzene rings is 1. The molecule has 10 heteroatoms. The molecule has 2 aliphatic heterocycles. The molecule has 0 aliphatic carbocycles. The van der Waals surface area contributed by atoms with Crippen molar-refractivity contribution in [2.24, 2.45) is 10.2 Å². The topological polar surface area (TPSA) is 110 Å². The number of amidine groups is 1. The smallest absolute Gasteiger partial charge is 0.410 e. The normalized spacial score (nSPS) is 18.8. The molecule has 0 spiro atoms. The molecule has 2 amide bonds. The first-order valence-electron chi connectivity index (χ1n) is 9.15. The van der Waals surface area contributed by atoms with E-state index in [9.17, 15) is 14.4 Å². The Kier molecular flexibility index (Phi) is 6.25. The van der Waals surface area contributed by atoms with Gasteiger partial charge in [-0.15, -0.1) is 5.10 Å². The molecular weight excluding hydrogens is 408 g/mol. The fourth-order valence-electron chi connectivity index (χ4n) is 2.81. The minimum Gasteiger partial charge on any atom is -0.466 e. The number of nitrogens with one attached hydrogen (secondary N) is 1. The van der Waals surface area contributed by atoms with E-state index in [1.165, 1.54) is 7.11 Å². The number of ether oxygens (including phenoxy) is 2. The Morgan fingerprint density at radius 2 is 2.03 bits per heavy atom. The highest BCUT2D eigenvalue weighted by atomic mass is 32.2. The average Bonchev–Trinajstić information content (AvgIpc) is 3.24. The summed E-state index contributed by atoms with van der Waals surface area (Å²) in [6.45, 7) is 6.37. The van der Waals surface area contributed by atoms with Gasteiger partial charge in [-0.25, -0.2) is 9.59 Å². The van der Waals surface area contributed by atoms with Crippen LogP contribution in [0.1, 0.15) is 37.5 Å². The van der Waals surface area contributed by atoms with Crippen LogP contribution in [0.3, 0.4) is 0 Å². The summed E-state index contributed by atoms with van der Waals surface area (Å²) in [4.78, 5) is 37.3. The van der Waals surface area contributed by atoms with Gasteiger partial charge < -0.3 is 9.47 Å². The van der Waals surface area contributed by atoms with E-state index in [0.717, 1.165) is 34.5 Å². The van der Waals surface area contributed by atoms with Gasteiger partial charge >= 0.3 is 12.1 Å². The van der Waals surface area contributed by atoms with Crippen molar-refractivity contribution < 1.29 is 23.9 Å². The lowest BCUT2D eigenvalue weighted by Crippen LogP contribution is -2.33. The Balaban J connectivity index is 1.70. The number of amides is 2. The van der Waals surface area contributed by atoms with Gasteiger partial charge in [-0.2, -0.15) is 5.10 Å². The molecule has 2 aliphatic rings. The number of rotatable bonds is 3. The maximum absolute atomic E-state index is 12.4. The van der Waals surface area contributed by atoms with Gasteiger partial charge in [0.15, 0.2) is 5.17 Å². The number of nitrogens with zero attached hydrogens (tertiary/aromatic N) is 3. The van der Waals surface area contributed by atoms with Gasteiger partial charge in [0.1, 0.15) is 5.60 Å². The molecule has 3 rings (SSSR count). The first-order chi connectivity index (χ1) is 14.2. The molecule has 9 nitrogen and oxygen atoms in total. The molecular formula is C20H22N4O5S. The number of carbonyl (C=O) groups excluding carboxylic acids is 3. The summed E-state index contributed by atoms with van der Waals surface area (Å²) in [5.41, 5.74) is 2.25. The third-order valence-corrected chi connectivity index (χ3v) is 5.02. The molecule has 30 heavy (non-hydrogen) atoms. The molecule has 1 aromatic carbocycles. The van der Waals surface area contributed by atoms with Gasteiger partial charge in [-0.05, 0) is 49.2 Å².